The smallest absolute Gasteiger partial charge is 0.160 e. The van der Waals surface area contributed by atoms with Crippen molar-refractivity contribution in [2.24, 2.45) is 5.73 Å². The number of nitrogens with two attached hydrogens (primary N) is 1. The fourth-order valence-corrected chi connectivity index (χ4v) is 1.42. The molecule has 0 amide bonds. The van der Waals surface area contributed by atoms with Gasteiger partial charge in [-0.15, -0.1) is 0 Å². The number of pyridine rings is 1. The van der Waals surface area contributed by atoms with Gasteiger partial charge in [0.15, 0.2) is 5.65 Å². The number of aliphatic hydroxyl groups is 1. The van der Waals surface area contributed by atoms with E-state index in [2.05, 4.69) is 10.1 Å². The largest absolute Gasteiger partial charge is 0.394 e. The van der Waals surface area contributed by atoms with Crippen LogP contribution in [-0.2, 0) is 0 Å². The van der Waals surface area contributed by atoms with Crippen LogP contribution in [0.1, 0.15) is 17.4 Å². The van der Waals surface area contributed by atoms with Crippen LogP contribution in [0.3, 0.4) is 0 Å². The van der Waals surface area contributed by atoms with E-state index in [1.165, 1.54) is 0 Å². The lowest BCUT2D eigenvalue weighted by atomic mass is 10.1. The Kier molecular flexibility index (Phi) is 2.18. The lowest BCUT2D eigenvalue weighted by Gasteiger charge is -2.08. The van der Waals surface area contributed by atoms with Gasteiger partial charge in [-0.1, -0.05) is 6.07 Å². The second-order valence-corrected chi connectivity index (χ2v) is 3.18. The second kappa shape index (κ2) is 3.36. The van der Waals surface area contributed by atoms with Crippen LogP contribution in [0.4, 0.5) is 0 Å². The van der Waals surface area contributed by atoms with E-state index in [9.17, 15) is 0 Å². The third-order valence-electron chi connectivity index (χ3n) is 2.09. The summed E-state index contributed by atoms with van der Waals surface area (Å²) in [6.45, 7) is 1.73. The molecule has 1 atom stereocenters. The lowest BCUT2D eigenvalue weighted by molar-refractivity contribution is 0.268. The van der Waals surface area contributed by atoms with E-state index >= 15 is 0 Å². The molecular formula is C9H12N4O. The number of rotatable bonds is 2. The van der Waals surface area contributed by atoms with Gasteiger partial charge in [0.1, 0.15) is 5.82 Å². The highest BCUT2D eigenvalue weighted by molar-refractivity contribution is 5.48. The summed E-state index contributed by atoms with van der Waals surface area (Å²) in [5.74, 6) is 0.697. The summed E-state index contributed by atoms with van der Waals surface area (Å²) in [6, 6.07) is 3.29. The van der Waals surface area contributed by atoms with Crippen LogP contribution in [0, 0.1) is 6.92 Å². The van der Waals surface area contributed by atoms with Gasteiger partial charge in [-0.3, -0.25) is 0 Å². The molecule has 0 aliphatic heterocycles. The zero-order chi connectivity index (χ0) is 10.1. The van der Waals surface area contributed by atoms with E-state index in [0.29, 0.717) is 11.5 Å². The Balaban J connectivity index is 2.64. The minimum atomic E-state index is -0.401. The van der Waals surface area contributed by atoms with E-state index in [4.69, 9.17) is 10.8 Å². The molecule has 2 heterocycles. The molecule has 0 saturated carbocycles. The maximum absolute atomic E-state index is 8.97. The quantitative estimate of drug-likeness (QED) is 0.703. The van der Waals surface area contributed by atoms with Gasteiger partial charge in [0, 0.05) is 11.8 Å². The van der Waals surface area contributed by atoms with Gasteiger partial charge in [-0.05, 0) is 13.0 Å². The SMILES string of the molecule is Cc1nc2c(C(N)CO)cccn2n1. The summed E-state index contributed by atoms with van der Waals surface area (Å²) >= 11 is 0. The maximum atomic E-state index is 8.97. The summed E-state index contributed by atoms with van der Waals surface area (Å²) < 4.78 is 1.67. The molecule has 14 heavy (non-hydrogen) atoms. The first-order chi connectivity index (χ1) is 6.72. The van der Waals surface area contributed by atoms with Gasteiger partial charge in [-0.25, -0.2) is 9.50 Å². The Bertz CT molecular complexity index is 451. The highest BCUT2D eigenvalue weighted by Crippen LogP contribution is 2.14. The first kappa shape index (κ1) is 9.11. The standard InChI is InChI=1S/C9H12N4O/c1-6-11-9-7(8(10)5-14)3-2-4-13(9)12-6/h2-4,8,14H,5,10H2,1H3. The van der Waals surface area contributed by atoms with Crippen LogP contribution < -0.4 is 5.73 Å². The van der Waals surface area contributed by atoms with Gasteiger partial charge in [0.25, 0.3) is 0 Å². The first-order valence-corrected chi connectivity index (χ1v) is 4.40. The van der Waals surface area contributed by atoms with Gasteiger partial charge >= 0.3 is 0 Å². The fourth-order valence-electron chi connectivity index (χ4n) is 1.42. The molecule has 0 aliphatic rings. The van der Waals surface area contributed by atoms with Crippen molar-refractivity contribution in [1.82, 2.24) is 14.6 Å². The normalized spacial score (nSPS) is 13.4. The summed E-state index contributed by atoms with van der Waals surface area (Å²) in [4.78, 5) is 4.24. The molecule has 0 fully saturated rings. The first-order valence-electron chi connectivity index (χ1n) is 4.40. The van der Waals surface area contributed by atoms with Crippen LogP contribution in [0.15, 0.2) is 18.3 Å². The van der Waals surface area contributed by atoms with E-state index in [1.807, 2.05) is 25.3 Å². The molecule has 1 unspecified atom stereocenters. The van der Waals surface area contributed by atoms with E-state index in [1.54, 1.807) is 4.52 Å². The molecule has 0 aromatic carbocycles. The minimum absolute atomic E-state index is 0.0917. The Hall–Kier alpha value is -1.46. The highest BCUT2D eigenvalue weighted by atomic mass is 16.3. The van der Waals surface area contributed by atoms with Crippen molar-refractivity contribution in [1.29, 1.82) is 0 Å². The van der Waals surface area contributed by atoms with Gasteiger partial charge in [0.05, 0.1) is 12.6 Å². The number of aromatic nitrogens is 3. The molecule has 0 saturated heterocycles. The second-order valence-electron chi connectivity index (χ2n) is 3.18. The highest BCUT2D eigenvalue weighted by Gasteiger charge is 2.11. The molecule has 0 radical (unpaired) electrons. The molecule has 5 nitrogen and oxygen atoms in total. The van der Waals surface area contributed by atoms with Crippen LogP contribution in [0.2, 0.25) is 0 Å². The third-order valence-corrected chi connectivity index (χ3v) is 2.09. The molecule has 74 valence electrons. The molecule has 5 heteroatoms. The van der Waals surface area contributed by atoms with Crippen molar-refractivity contribution in [3.05, 3.63) is 29.7 Å². The summed E-state index contributed by atoms with van der Waals surface area (Å²) in [6.07, 6.45) is 1.81. The minimum Gasteiger partial charge on any atom is -0.394 e. The number of hydrogen-bond acceptors (Lipinski definition) is 4. The molecule has 0 bridgehead atoms. The van der Waals surface area contributed by atoms with E-state index in [0.717, 1.165) is 5.56 Å². The molecule has 2 aromatic heterocycles. The Morgan fingerprint density at radius 3 is 3.14 bits per heavy atom. The Labute approximate surface area is 81.2 Å². The summed E-state index contributed by atoms with van der Waals surface area (Å²) in [7, 11) is 0. The van der Waals surface area contributed by atoms with Crippen molar-refractivity contribution in [2.75, 3.05) is 6.61 Å². The number of fused-ring (bicyclic) bond motifs is 1. The summed E-state index contributed by atoms with van der Waals surface area (Å²) in [5.41, 5.74) is 7.27. The lowest BCUT2D eigenvalue weighted by Crippen LogP contribution is -2.15. The number of nitrogens with zero attached hydrogens (tertiary/aromatic N) is 3. The van der Waals surface area contributed by atoms with Crippen molar-refractivity contribution in [2.45, 2.75) is 13.0 Å². The maximum Gasteiger partial charge on any atom is 0.160 e. The topological polar surface area (TPSA) is 76.4 Å². The monoisotopic (exact) mass is 192 g/mol. The molecule has 0 aliphatic carbocycles. The number of aryl methyl sites for hydroxylation is 1. The summed E-state index contributed by atoms with van der Waals surface area (Å²) in [5, 5.41) is 13.1. The fraction of sp³-hybridized carbons (Fsp3) is 0.333. The molecule has 2 rings (SSSR count). The molecular weight excluding hydrogens is 180 g/mol. The zero-order valence-corrected chi connectivity index (χ0v) is 7.88. The number of hydrogen-bond donors (Lipinski definition) is 2. The van der Waals surface area contributed by atoms with Crippen LogP contribution in [0.25, 0.3) is 5.65 Å². The van der Waals surface area contributed by atoms with Crippen molar-refractivity contribution >= 4 is 5.65 Å². The van der Waals surface area contributed by atoms with Crippen LogP contribution >= 0.6 is 0 Å². The average molecular weight is 192 g/mol. The molecule has 3 N–H and O–H groups in total. The van der Waals surface area contributed by atoms with Crippen molar-refractivity contribution in [3.8, 4) is 0 Å². The van der Waals surface area contributed by atoms with Crippen LogP contribution in [0.5, 0.6) is 0 Å². The molecule has 0 spiro atoms. The predicted octanol–water partition coefficient (Wildman–Crippen LogP) is 0.0298. The third kappa shape index (κ3) is 1.36. The Morgan fingerprint density at radius 2 is 2.43 bits per heavy atom. The van der Waals surface area contributed by atoms with E-state index in [-0.39, 0.29) is 6.61 Å². The van der Waals surface area contributed by atoms with Crippen LogP contribution in [-0.4, -0.2) is 26.3 Å². The van der Waals surface area contributed by atoms with Crippen molar-refractivity contribution < 1.29 is 5.11 Å². The van der Waals surface area contributed by atoms with Gasteiger partial charge in [-0.2, -0.15) is 5.10 Å². The zero-order valence-electron chi connectivity index (χ0n) is 7.88. The van der Waals surface area contributed by atoms with Crippen molar-refractivity contribution in [3.63, 3.8) is 0 Å². The Morgan fingerprint density at radius 1 is 1.64 bits per heavy atom. The molecule has 2 aromatic rings. The predicted molar refractivity (Wildman–Crippen MR) is 51.7 cm³/mol. The van der Waals surface area contributed by atoms with Gasteiger partial charge in [0.2, 0.25) is 0 Å². The van der Waals surface area contributed by atoms with Gasteiger partial charge < -0.3 is 10.8 Å². The number of aliphatic hydroxyl groups excluding tert-OH is 1. The van der Waals surface area contributed by atoms with E-state index < -0.39 is 6.04 Å². The average Bonchev–Trinajstić information content (AvgIpc) is 2.56.